The summed E-state index contributed by atoms with van der Waals surface area (Å²) in [6.45, 7) is 22.8. The second kappa shape index (κ2) is 7.11. The van der Waals surface area contributed by atoms with Crippen LogP contribution < -0.4 is 0 Å². The topological polar surface area (TPSA) is 9.23 Å². The highest BCUT2D eigenvalue weighted by Gasteiger charge is 2.70. The Morgan fingerprint density at radius 3 is 2.12 bits per heavy atom. The molecule has 1 nitrogen and oxygen atoms in total. The normalized spacial score (nSPS) is 56.5. The van der Waals surface area contributed by atoms with Crippen LogP contribution in [0.1, 0.15) is 113 Å². The second-order valence-corrected chi connectivity index (χ2v) is 14.9. The van der Waals surface area contributed by atoms with E-state index in [1.165, 1.54) is 69.8 Å². The molecule has 0 spiro atoms. The highest BCUT2D eigenvalue weighted by molar-refractivity contribution is 5.21. The first-order chi connectivity index (χ1) is 14.8. The van der Waals surface area contributed by atoms with Crippen LogP contribution in [0, 0.1) is 56.7 Å². The molecule has 0 aromatic heterocycles. The average Bonchev–Trinajstić information content (AvgIpc) is 3.06. The van der Waals surface area contributed by atoms with Gasteiger partial charge >= 0.3 is 0 Å². The van der Waals surface area contributed by atoms with Gasteiger partial charge in [-0.15, -0.1) is 0 Å². The summed E-state index contributed by atoms with van der Waals surface area (Å²) >= 11 is 0. The Kier molecular flexibility index (Phi) is 5.21. The largest absolute Gasteiger partial charge is 0.381 e. The lowest BCUT2D eigenvalue weighted by Gasteiger charge is -2.73. The average molecular weight is 441 g/mol. The summed E-state index contributed by atoms with van der Waals surface area (Å²) < 4.78 is 6.05. The lowest BCUT2D eigenvalue weighted by Crippen LogP contribution is -2.66. The van der Waals surface area contributed by atoms with Crippen molar-refractivity contribution in [1.82, 2.24) is 0 Å². The van der Waals surface area contributed by atoms with E-state index in [1.807, 2.05) is 7.11 Å². The van der Waals surface area contributed by atoms with Gasteiger partial charge in [0.1, 0.15) is 0 Å². The Morgan fingerprint density at radius 2 is 1.47 bits per heavy atom. The zero-order valence-corrected chi connectivity index (χ0v) is 22.7. The third-order valence-corrected chi connectivity index (χ3v) is 13.7. The molecule has 0 aliphatic heterocycles. The number of ether oxygens (including phenoxy) is 1. The molecule has 0 aromatic carbocycles. The maximum atomic E-state index is 6.05. The summed E-state index contributed by atoms with van der Waals surface area (Å²) in [5.74, 6) is 4.22. The fourth-order valence-corrected chi connectivity index (χ4v) is 11.9. The standard InChI is InChI=1S/C31H52O/c1-20(2)21-12-15-28(5)18-19-30(7)22(26(21)28)10-11-24-29(6)16-14-25(32-9)27(3,4)23(29)13-17-31(24,30)8/h21-26H,1,10-19H2,2-9H3/t21-,22?,23?,24?,25?,26?,28+,29-,30+,31+/m0/s1. The molecule has 5 rings (SSSR count). The number of hydrogen-bond donors (Lipinski definition) is 0. The molecule has 1 heteroatoms. The minimum absolute atomic E-state index is 0.294. The van der Waals surface area contributed by atoms with Gasteiger partial charge in [-0.05, 0) is 128 Å². The molecule has 5 aliphatic carbocycles. The van der Waals surface area contributed by atoms with Crippen molar-refractivity contribution in [3.05, 3.63) is 12.2 Å². The maximum absolute atomic E-state index is 6.05. The van der Waals surface area contributed by atoms with Crippen LogP contribution in [-0.4, -0.2) is 13.2 Å². The van der Waals surface area contributed by atoms with Crippen LogP contribution >= 0.6 is 0 Å². The van der Waals surface area contributed by atoms with Crippen LogP contribution in [0.2, 0.25) is 0 Å². The first-order valence-corrected chi connectivity index (χ1v) is 14.0. The van der Waals surface area contributed by atoms with E-state index >= 15 is 0 Å². The zero-order valence-electron chi connectivity index (χ0n) is 22.7. The monoisotopic (exact) mass is 440 g/mol. The first-order valence-electron chi connectivity index (χ1n) is 14.0. The fraction of sp³-hybridized carbons (Fsp3) is 0.935. The van der Waals surface area contributed by atoms with E-state index in [0.29, 0.717) is 33.2 Å². The molecular formula is C31H52O. The zero-order chi connectivity index (χ0) is 23.3. The Bertz CT molecular complexity index is 781. The SMILES string of the molecule is C=C(C)[C@@H]1CC[C@]2(C)CC[C@]3(C)C(CCC4[C@@]5(C)CCC(OC)C(C)(C)C5CC[C@]43C)C12. The molecule has 0 saturated heterocycles. The number of methoxy groups -OCH3 is 1. The molecule has 5 saturated carbocycles. The van der Waals surface area contributed by atoms with Gasteiger partial charge in [-0.3, -0.25) is 0 Å². The van der Waals surface area contributed by atoms with E-state index in [9.17, 15) is 0 Å². The third-order valence-electron chi connectivity index (χ3n) is 13.7. The van der Waals surface area contributed by atoms with E-state index in [2.05, 4.69) is 55.0 Å². The molecule has 0 bridgehead atoms. The van der Waals surface area contributed by atoms with Crippen LogP contribution in [0.25, 0.3) is 0 Å². The third kappa shape index (κ3) is 2.73. The molecule has 0 amide bonds. The van der Waals surface area contributed by atoms with Crippen molar-refractivity contribution in [2.45, 2.75) is 119 Å². The number of fused-ring (bicyclic) bond motifs is 7. The van der Waals surface area contributed by atoms with E-state index in [4.69, 9.17) is 4.74 Å². The molecule has 5 unspecified atom stereocenters. The Balaban J connectivity index is 1.53. The van der Waals surface area contributed by atoms with Crippen LogP contribution in [0.4, 0.5) is 0 Å². The fourth-order valence-electron chi connectivity index (χ4n) is 11.9. The van der Waals surface area contributed by atoms with Crippen LogP contribution in [0.15, 0.2) is 12.2 Å². The van der Waals surface area contributed by atoms with Gasteiger partial charge in [0.15, 0.2) is 0 Å². The van der Waals surface area contributed by atoms with Gasteiger partial charge in [0.2, 0.25) is 0 Å². The Labute approximate surface area is 199 Å². The van der Waals surface area contributed by atoms with Gasteiger partial charge < -0.3 is 4.74 Å². The van der Waals surface area contributed by atoms with Gasteiger partial charge in [-0.2, -0.15) is 0 Å². The van der Waals surface area contributed by atoms with E-state index in [-0.39, 0.29) is 0 Å². The van der Waals surface area contributed by atoms with Crippen molar-refractivity contribution in [3.63, 3.8) is 0 Å². The smallest absolute Gasteiger partial charge is 0.0625 e. The summed E-state index contributed by atoms with van der Waals surface area (Å²) in [5, 5.41) is 0. The van der Waals surface area contributed by atoms with Crippen molar-refractivity contribution in [3.8, 4) is 0 Å². The second-order valence-electron chi connectivity index (χ2n) is 14.9. The van der Waals surface area contributed by atoms with Gasteiger partial charge in [0.25, 0.3) is 0 Å². The molecule has 182 valence electrons. The van der Waals surface area contributed by atoms with Crippen LogP contribution in [0.5, 0.6) is 0 Å². The highest BCUT2D eigenvalue weighted by Crippen LogP contribution is 2.77. The molecule has 0 N–H and O–H groups in total. The molecular weight excluding hydrogens is 388 g/mol. The highest BCUT2D eigenvalue weighted by atomic mass is 16.5. The van der Waals surface area contributed by atoms with Gasteiger partial charge in [-0.25, -0.2) is 0 Å². The molecule has 32 heavy (non-hydrogen) atoms. The lowest BCUT2D eigenvalue weighted by atomic mass is 9.32. The summed E-state index contributed by atoms with van der Waals surface area (Å²) in [6, 6.07) is 0. The Hall–Kier alpha value is -0.300. The number of rotatable bonds is 2. The van der Waals surface area contributed by atoms with Crippen molar-refractivity contribution in [2.75, 3.05) is 7.11 Å². The quantitative estimate of drug-likeness (QED) is 0.390. The predicted octanol–water partition coefficient (Wildman–Crippen LogP) is 8.68. The van der Waals surface area contributed by atoms with Crippen molar-refractivity contribution < 1.29 is 4.74 Å². The molecule has 0 radical (unpaired) electrons. The predicted molar refractivity (Wildman–Crippen MR) is 135 cm³/mol. The van der Waals surface area contributed by atoms with Gasteiger partial charge in [0, 0.05) is 7.11 Å². The van der Waals surface area contributed by atoms with E-state index in [0.717, 1.165) is 29.6 Å². The summed E-state index contributed by atoms with van der Waals surface area (Å²) in [7, 11) is 1.95. The minimum Gasteiger partial charge on any atom is -0.381 e. The summed E-state index contributed by atoms with van der Waals surface area (Å²) in [5.41, 5.74) is 3.79. The summed E-state index contributed by atoms with van der Waals surface area (Å²) in [6.07, 6.45) is 14.6. The van der Waals surface area contributed by atoms with Crippen molar-refractivity contribution in [1.29, 1.82) is 0 Å². The van der Waals surface area contributed by atoms with Crippen LogP contribution in [0.3, 0.4) is 0 Å². The Morgan fingerprint density at radius 1 is 0.750 bits per heavy atom. The van der Waals surface area contributed by atoms with Gasteiger partial charge in [0.05, 0.1) is 6.10 Å². The van der Waals surface area contributed by atoms with Crippen molar-refractivity contribution in [2.24, 2.45) is 56.7 Å². The van der Waals surface area contributed by atoms with Crippen LogP contribution in [-0.2, 0) is 4.74 Å². The molecule has 0 heterocycles. The van der Waals surface area contributed by atoms with E-state index < -0.39 is 0 Å². The molecule has 5 fully saturated rings. The lowest BCUT2D eigenvalue weighted by molar-refractivity contribution is -0.248. The summed E-state index contributed by atoms with van der Waals surface area (Å²) in [4.78, 5) is 0. The minimum atomic E-state index is 0.294. The van der Waals surface area contributed by atoms with E-state index in [1.54, 1.807) is 0 Å². The maximum Gasteiger partial charge on any atom is 0.0625 e. The first kappa shape index (κ1) is 23.4. The van der Waals surface area contributed by atoms with Crippen molar-refractivity contribution >= 4 is 0 Å². The molecule has 10 atom stereocenters. The molecule has 5 aliphatic rings. The molecule has 0 aromatic rings. The number of allylic oxidation sites excluding steroid dienone is 1. The number of hydrogen-bond acceptors (Lipinski definition) is 1. The van der Waals surface area contributed by atoms with Gasteiger partial charge in [-0.1, -0.05) is 53.7 Å².